The van der Waals surface area contributed by atoms with Crippen molar-refractivity contribution in [3.8, 4) is 0 Å². The van der Waals surface area contributed by atoms with E-state index in [1.165, 1.54) is 6.92 Å². The number of rotatable bonds is 16. The molecule has 0 aromatic carbocycles. The van der Waals surface area contributed by atoms with Crippen LogP contribution in [0.2, 0.25) is 0 Å². The van der Waals surface area contributed by atoms with Crippen LogP contribution in [0.5, 0.6) is 0 Å². The average Bonchev–Trinajstić information content (AvgIpc) is 2.85. The molecule has 0 rings (SSSR count). The molecule has 0 radical (unpaired) electrons. The van der Waals surface area contributed by atoms with Gasteiger partial charge in [0.1, 0.15) is 35.6 Å². The first-order valence-electron chi connectivity index (χ1n) is 11.3. The van der Waals surface area contributed by atoms with Crippen LogP contribution in [-0.2, 0) is 38.4 Å². The summed E-state index contributed by atoms with van der Waals surface area (Å²) in [5.74, 6) is -14.9. The predicted molar refractivity (Wildman–Crippen MR) is 134 cm³/mol. The number of hydrogen-bond acceptors (Lipinski definition) is 22. The third-order valence-corrected chi connectivity index (χ3v) is 4.37. The van der Waals surface area contributed by atoms with Gasteiger partial charge in [-0.2, -0.15) is 0 Å². The Hall–Kier alpha value is -0.781. The summed E-state index contributed by atoms with van der Waals surface area (Å²) in [7, 11) is 0. The molecule has 0 aliphatic heterocycles. The molecule has 48 heavy (non-hydrogen) atoms. The molecule has 24 nitrogen and oxygen atoms in total. The largest absolute Gasteiger partial charge is 2.00 e. The summed E-state index contributed by atoms with van der Waals surface area (Å²) in [6.45, 7) is 0.354. The van der Waals surface area contributed by atoms with Gasteiger partial charge in [0.2, 0.25) is 0 Å². The molecule has 27 heteroatoms. The van der Waals surface area contributed by atoms with Gasteiger partial charge in [0, 0.05) is 49.6 Å². The molecular weight excluding hydrogens is 756 g/mol. The second-order valence-electron chi connectivity index (χ2n) is 8.36. The number of hydrogen-bond donors (Lipinski definition) is 10. The fourth-order valence-electron chi connectivity index (χ4n) is 2.04. The van der Waals surface area contributed by atoms with E-state index in [0.29, 0.717) is 0 Å². The maximum atomic E-state index is 10.1. The van der Waals surface area contributed by atoms with Gasteiger partial charge < -0.3 is 110 Å². The number of aliphatic hydroxyl groups is 8. The Kier molecular flexibility index (Phi) is 40.3. The van der Waals surface area contributed by atoms with Crippen molar-refractivity contribution in [1.29, 1.82) is 0 Å². The van der Waals surface area contributed by atoms with Crippen LogP contribution in [0.3, 0.4) is 0 Å². The third kappa shape index (κ3) is 31.2. The molecular formula is C21H28Ca3O24. The van der Waals surface area contributed by atoms with Gasteiger partial charge in [0.05, 0.1) is 18.5 Å². The number of aliphatic hydroxyl groups excluding tert-OH is 6. The molecule has 0 saturated heterocycles. The van der Waals surface area contributed by atoms with Gasteiger partial charge in [0.25, 0.3) is 0 Å². The topological polar surface area (TPSA) is 477 Å². The van der Waals surface area contributed by atoms with Crippen molar-refractivity contribution in [3.63, 3.8) is 0 Å². The Labute approximate surface area is 357 Å². The number of carboxylic acids is 8. The normalized spacial score (nSPS) is 13.1. The fourth-order valence-corrected chi connectivity index (χ4v) is 2.04. The summed E-state index contributed by atoms with van der Waals surface area (Å²) in [6, 6.07) is 0. The first kappa shape index (κ1) is 62.4. The minimum Gasteiger partial charge on any atom is -0.550 e. The Bertz CT molecular complexity index is 951. The van der Waals surface area contributed by atoms with E-state index in [9.17, 15) is 69.0 Å². The molecule has 262 valence electrons. The van der Waals surface area contributed by atoms with E-state index >= 15 is 0 Å². The van der Waals surface area contributed by atoms with Crippen LogP contribution >= 0.6 is 0 Å². The van der Waals surface area contributed by atoms with E-state index in [-0.39, 0.29) is 113 Å². The van der Waals surface area contributed by atoms with Crippen molar-refractivity contribution in [2.75, 3.05) is 6.61 Å². The fraction of sp³-hybridized carbons (Fsp3) is 0.619. The van der Waals surface area contributed by atoms with Gasteiger partial charge in [0.15, 0.2) is 6.10 Å². The van der Waals surface area contributed by atoms with Crippen LogP contribution in [0.4, 0.5) is 0 Å². The standard InChI is InChI=1S/2C6H8O7.C6H12O7.C3H6O3.3Ca/c2*7-3(8)1-6(13,5(11)12)2-4(9)10;7-1-2(8)3(9)4(10)5(11)6(12)13;1-2(4)3(5)6;;;/h2*13H,1-2H2,(H,7,8)(H,9,10)(H,11,12);2-5,7-11H,1H2,(H,12,13);2,4H,1H3,(H,5,6);;;/q;;;;3*+2/p-6. The minimum absolute atomic E-state index is 0. The summed E-state index contributed by atoms with van der Waals surface area (Å²) in [6.07, 6.45) is -14.5. The van der Waals surface area contributed by atoms with Crippen LogP contribution < -0.4 is 30.6 Å². The van der Waals surface area contributed by atoms with E-state index in [1.54, 1.807) is 0 Å². The molecule has 0 spiro atoms. The zero-order valence-corrected chi connectivity index (χ0v) is 31.4. The van der Waals surface area contributed by atoms with Crippen molar-refractivity contribution < 1.29 is 120 Å². The first-order valence-corrected chi connectivity index (χ1v) is 11.3. The van der Waals surface area contributed by atoms with Crippen molar-refractivity contribution in [2.24, 2.45) is 0 Å². The second kappa shape index (κ2) is 31.0. The zero-order valence-electron chi connectivity index (χ0n) is 24.7. The summed E-state index contributed by atoms with van der Waals surface area (Å²) in [4.78, 5) is 79.5. The van der Waals surface area contributed by atoms with Gasteiger partial charge in [-0.15, -0.1) is 0 Å². The van der Waals surface area contributed by atoms with E-state index in [4.69, 9.17) is 51.1 Å². The number of aliphatic carboxylic acids is 8. The number of carbonyl (C=O) groups excluding carboxylic acids is 6. The quantitative estimate of drug-likeness (QED) is 0.0649. The maximum absolute atomic E-state index is 10.1. The van der Waals surface area contributed by atoms with Gasteiger partial charge >= 0.3 is 125 Å². The first-order chi connectivity index (χ1) is 20.1. The molecule has 5 unspecified atom stereocenters. The summed E-state index contributed by atoms with van der Waals surface area (Å²) < 4.78 is 0. The van der Waals surface area contributed by atoms with E-state index in [2.05, 4.69) is 0 Å². The van der Waals surface area contributed by atoms with Crippen molar-refractivity contribution in [3.05, 3.63) is 0 Å². The Morgan fingerprint density at radius 2 is 0.771 bits per heavy atom. The molecule has 10 N–H and O–H groups in total. The molecule has 0 fully saturated rings. The molecule has 5 atom stereocenters. The molecule has 0 aliphatic rings. The Balaban J connectivity index is -0.0000000941. The molecule has 0 heterocycles. The van der Waals surface area contributed by atoms with Crippen LogP contribution in [0.15, 0.2) is 0 Å². The molecule has 0 aliphatic carbocycles. The van der Waals surface area contributed by atoms with Crippen molar-refractivity contribution >= 4 is 161 Å². The molecule has 0 aromatic heterocycles. The number of carbonyl (C=O) groups is 8. The van der Waals surface area contributed by atoms with Gasteiger partial charge in [-0.1, -0.05) is 0 Å². The molecule has 0 saturated carbocycles. The van der Waals surface area contributed by atoms with Crippen LogP contribution in [0, 0.1) is 0 Å². The van der Waals surface area contributed by atoms with Crippen LogP contribution in [0.1, 0.15) is 32.6 Å². The maximum Gasteiger partial charge on any atom is 2.00 e. The summed E-state index contributed by atoms with van der Waals surface area (Å²) in [5, 5.41) is 145. The van der Waals surface area contributed by atoms with E-state index < -0.39 is 122 Å². The zero-order chi connectivity index (χ0) is 37.0. The summed E-state index contributed by atoms with van der Waals surface area (Å²) in [5.41, 5.74) is -5.95. The molecule has 0 aromatic rings. The number of carboxylic acid groups (broad SMARTS) is 8. The predicted octanol–water partition coefficient (Wildman–Crippen LogP) is -15.7. The molecule has 0 amide bonds. The third-order valence-electron chi connectivity index (χ3n) is 4.37. The monoisotopic (exact) mass is 784 g/mol. The van der Waals surface area contributed by atoms with Crippen LogP contribution in [-0.4, -0.2) is 260 Å². The van der Waals surface area contributed by atoms with Gasteiger partial charge in [-0.25, -0.2) is 9.59 Å². The SMILES string of the molecule is CC(O)C(=O)O.O=C(O)C(O)C(O)C(O)C(O)CO.O=C([O-])CC(O)(CC(=O)[O-])C(=O)[O-].O=C([O-])CC(O)(CC(=O)[O-])C(=O)[O-].[Ca+2].[Ca+2].[Ca+2]. The minimum atomic E-state index is -2.97. The molecule has 0 bridgehead atoms. The van der Waals surface area contributed by atoms with Crippen molar-refractivity contribution in [1.82, 2.24) is 0 Å². The van der Waals surface area contributed by atoms with Crippen LogP contribution in [0.25, 0.3) is 0 Å². The van der Waals surface area contributed by atoms with Crippen molar-refractivity contribution in [2.45, 2.75) is 74.3 Å². The Morgan fingerprint density at radius 1 is 0.542 bits per heavy atom. The summed E-state index contributed by atoms with van der Waals surface area (Å²) >= 11 is 0. The van der Waals surface area contributed by atoms with Gasteiger partial charge in [-0.3, -0.25) is 0 Å². The second-order valence-corrected chi connectivity index (χ2v) is 8.36. The average molecular weight is 785 g/mol. The van der Waals surface area contributed by atoms with E-state index in [0.717, 1.165) is 0 Å². The van der Waals surface area contributed by atoms with Gasteiger partial charge in [-0.05, 0) is 6.92 Å². The smallest absolute Gasteiger partial charge is 0.550 e. The Morgan fingerprint density at radius 3 is 0.896 bits per heavy atom. The van der Waals surface area contributed by atoms with E-state index in [1.807, 2.05) is 0 Å².